The van der Waals surface area contributed by atoms with Crippen LogP contribution < -0.4 is 5.73 Å². The van der Waals surface area contributed by atoms with Crippen molar-refractivity contribution < 1.29 is 4.39 Å². The fourth-order valence-electron chi connectivity index (χ4n) is 1.36. The second-order valence-electron chi connectivity index (χ2n) is 2.81. The standard InChI is InChI=1S/C10H9FN2/c11-9-4-3-7(6-12)10-8(9)2-1-5-13-10/h1-5H,6,12H2. The van der Waals surface area contributed by atoms with Gasteiger partial charge in [-0.3, -0.25) is 4.98 Å². The Morgan fingerprint density at radius 3 is 2.92 bits per heavy atom. The predicted molar refractivity (Wildman–Crippen MR) is 49.6 cm³/mol. The van der Waals surface area contributed by atoms with Gasteiger partial charge in [-0.25, -0.2) is 4.39 Å². The van der Waals surface area contributed by atoms with Gasteiger partial charge in [-0.05, 0) is 23.8 Å². The number of rotatable bonds is 1. The molecular weight excluding hydrogens is 167 g/mol. The van der Waals surface area contributed by atoms with Gasteiger partial charge in [0.2, 0.25) is 0 Å². The average molecular weight is 176 g/mol. The van der Waals surface area contributed by atoms with Crippen LogP contribution in [0, 0.1) is 5.82 Å². The summed E-state index contributed by atoms with van der Waals surface area (Å²) < 4.78 is 13.2. The number of nitrogens with two attached hydrogens (primary N) is 1. The maximum absolute atomic E-state index is 13.2. The summed E-state index contributed by atoms with van der Waals surface area (Å²) in [5.74, 6) is -0.250. The molecule has 2 aromatic rings. The fraction of sp³-hybridized carbons (Fsp3) is 0.100. The highest BCUT2D eigenvalue weighted by molar-refractivity contribution is 5.82. The van der Waals surface area contributed by atoms with Crippen LogP contribution in [0.2, 0.25) is 0 Å². The zero-order chi connectivity index (χ0) is 9.26. The van der Waals surface area contributed by atoms with E-state index in [9.17, 15) is 4.39 Å². The van der Waals surface area contributed by atoms with Crippen molar-refractivity contribution in [2.45, 2.75) is 6.54 Å². The van der Waals surface area contributed by atoms with Crippen LogP contribution in [-0.4, -0.2) is 4.98 Å². The molecule has 0 aliphatic carbocycles. The SMILES string of the molecule is NCc1ccc(F)c2cccnc12. The van der Waals surface area contributed by atoms with Crippen molar-refractivity contribution in [3.05, 3.63) is 41.8 Å². The number of aromatic nitrogens is 1. The summed E-state index contributed by atoms with van der Waals surface area (Å²) in [4.78, 5) is 4.09. The van der Waals surface area contributed by atoms with Crippen molar-refractivity contribution in [3.63, 3.8) is 0 Å². The van der Waals surface area contributed by atoms with Crippen LogP contribution in [0.4, 0.5) is 4.39 Å². The third kappa shape index (κ3) is 1.27. The second kappa shape index (κ2) is 3.11. The molecule has 0 unspecified atom stereocenters. The van der Waals surface area contributed by atoms with Crippen LogP contribution in [0.5, 0.6) is 0 Å². The molecule has 0 aliphatic rings. The fourth-order valence-corrected chi connectivity index (χ4v) is 1.36. The molecule has 1 aromatic carbocycles. The van der Waals surface area contributed by atoms with Gasteiger partial charge in [-0.1, -0.05) is 6.07 Å². The molecule has 0 fully saturated rings. The van der Waals surface area contributed by atoms with Gasteiger partial charge in [0.15, 0.2) is 0 Å². The topological polar surface area (TPSA) is 38.9 Å². The van der Waals surface area contributed by atoms with Crippen molar-refractivity contribution in [2.24, 2.45) is 5.73 Å². The van der Waals surface area contributed by atoms with Gasteiger partial charge < -0.3 is 5.73 Å². The zero-order valence-corrected chi connectivity index (χ0v) is 7.00. The van der Waals surface area contributed by atoms with E-state index >= 15 is 0 Å². The van der Waals surface area contributed by atoms with Crippen molar-refractivity contribution in [2.75, 3.05) is 0 Å². The number of hydrogen-bond donors (Lipinski definition) is 1. The van der Waals surface area contributed by atoms with E-state index < -0.39 is 0 Å². The molecule has 0 spiro atoms. The molecule has 0 amide bonds. The molecular formula is C10H9FN2. The van der Waals surface area contributed by atoms with Gasteiger partial charge in [-0.15, -0.1) is 0 Å². The molecule has 2 rings (SSSR count). The van der Waals surface area contributed by atoms with Gasteiger partial charge >= 0.3 is 0 Å². The molecule has 0 atom stereocenters. The van der Waals surface area contributed by atoms with Gasteiger partial charge in [-0.2, -0.15) is 0 Å². The highest BCUT2D eigenvalue weighted by Crippen LogP contribution is 2.18. The van der Waals surface area contributed by atoms with Crippen LogP contribution in [0.15, 0.2) is 30.5 Å². The average Bonchev–Trinajstić information content (AvgIpc) is 2.19. The Morgan fingerprint density at radius 1 is 1.31 bits per heavy atom. The lowest BCUT2D eigenvalue weighted by Gasteiger charge is -2.02. The Hall–Kier alpha value is -1.48. The minimum atomic E-state index is -0.250. The van der Waals surface area contributed by atoms with Gasteiger partial charge in [0.1, 0.15) is 5.82 Å². The predicted octanol–water partition coefficient (Wildman–Crippen LogP) is 1.83. The molecule has 3 heteroatoms. The number of pyridine rings is 1. The molecule has 2 nitrogen and oxygen atoms in total. The van der Waals surface area contributed by atoms with E-state index in [0.29, 0.717) is 17.4 Å². The van der Waals surface area contributed by atoms with Crippen LogP contribution in [0.3, 0.4) is 0 Å². The van der Waals surface area contributed by atoms with E-state index in [1.165, 1.54) is 6.07 Å². The smallest absolute Gasteiger partial charge is 0.132 e. The third-order valence-electron chi connectivity index (χ3n) is 2.02. The minimum Gasteiger partial charge on any atom is -0.326 e. The van der Waals surface area contributed by atoms with E-state index in [4.69, 9.17) is 5.73 Å². The Kier molecular flexibility index (Phi) is 1.94. The minimum absolute atomic E-state index is 0.250. The highest BCUT2D eigenvalue weighted by Gasteiger charge is 2.04. The lowest BCUT2D eigenvalue weighted by atomic mass is 10.1. The first-order valence-corrected chi connectivity index (χ1v) is 4.05. The molecule has 0 saturated carbocycles. The molecule has 0 saturated heterocycles. The second-order valence-corrected chi connectivity index (χ2v) is 2.81. The normalized spacial score (nSPS) is 10.6. The Balaban J connectivity index is 2.84. The van der Waals surface area contributed by atoms with Crippen molar-refractivity contribution in [1.82, 2.24) is 4.98 Å². The summed E-state index contributed by atoms with van der Waals surface area (Å²) >= 11 is 0. The molecule has 66 valence electrons. The summed E-state index contributed by atoms with van der Waals surface area (Å²) in [5, 5.41) is 0.533. The molecule has 1 aromatic heterocycles. The number of benzene rings is 1. The molecule has 0 bridgehead atoms. The van der Waals surface area contributed by atoms with Gasteiger partial charge in [0, 0.05) is 18.1 Å². The van der Waals surface area contributed by atoms with Crippen LogP contribution >= 0.6 is 0 Å². The van der Waals surface area contributed by atoms with Crippen LogP contribution in [0.1, 0.15) is 5.56 Å². The van der Waals surface area contributed by atoms with E-state index in [-0.39, 0.29) is 5.82 Å². The summed E-state index contributed by atoms with van der Waals surface area (Å²) in [6.07, 6.45) is 1.64. The Morgan fingerprint density at radius 2 is 2.15 bits per heavy atom. The summed E-state index contributed by atoms with van der Waals surface area (Å²) in [6.45, 7) is 0.383. The first-order valence-electron chi connectivity index (χ1n) is 4.05. The summed E-state index contributed by atoms with van der Waals surface area (Å²) in [7, 11) is 0. The highest BCUT2D eigenvalue weighted by atomic mass is 19.1. The van der Waals surface area contributed by atoms with Crippen molar-refractivity contribution in [1.29, 1.82) is 0 Å². The van der Waals surface area contributed by atoms with Gasteiger partial charge in [0.25, 0.3) is 0 Å². The maximum Gasteiger partial charge on any atom is 0.132 e. The van der Waals surface area contributed by atoms with Crippen molar-refractivity contribution >= 4 is 10.9 Å². The van der Waals surface area contributed by atoms with Crippen LogP contribution in [-0.2, 0) is 6.54 Å². The lowest BCUT2D eigenvalue weighted by Crippen LogP contribution is -1.99. The molecule has 0 radical (unpaired) electrons. The monoisotopic (exact) mass is 176 g/mol. The third-order valence-corrected chi connectivity index (χ3v) is 2.02. The number of fused-ring (bicyclic) bond motifs is 1. The molecule has 0 aliphatic heterocycles. The molecule has 13 heavy (non-hydrogen) atoms. The summed E-state index contributed by atoms with van der Waals surface area (Å²) in [5.41, 5.74) is 7.03. The van der Waals surface area contributed by atoms with E-state index in [0.717, 1.165) is 5.56 Å². The number of nitrogens with zero attached hydrogens (tertiary/aromatic N) is 1. The Labute approximate surface area is 75.2 Å². The lowest BCUT2D eigenvalue weighted by molar-refractivity contribution is 0.639. The van der Waals surface area contributed by atoms with E-state index in [2.05, 4.69) is 4.98 Å². The van der Waals surface area contributed by atoms with Gasteiger partial charge in [0.05, 0.1) is 5.52 Å². The summed E-state index contributed by atoms with van der Waals surface area (Å²) in [6, 6.07) is 6.51. The number of halogens is 1. The number of hydrogen-bond acceptors (Lipinski definition) is 2. The Bertz CT molecular complexity index is 440. The first-order chi connectivity index (χ1) is 6.33. The van der Waals surface area contributed by atoms with E-state index in [1.54, 1.807) is 24.4 Å². The maximum atomic E-state index is 13.2. The first kappa shape index (κ1) is 8.13. The molecule has 2 N–H and O–H groups in total. The van der Waals surface area contributed by atoms with Crippen molar-refractivity contribution in [3.8, 4) is 0 Å². The van der Waals surface area contributed by atoms with Crippen LogP contribution in [0.25, 0.3) is 10.9 Å². The van der Waals surface area contributed by atoms with E-state index in [1.807, 2.05) is 0 Å². The largest absolute Gasteiger partial charge is 0.326 e. The quantitative estimate of drug-likeness (QED) is 0.720. The molecule has 1 heterocycles. The zero-order valence-electron chi connectivity index (χ0n) is 7.00.